The first-order chi connectivity index (χ1) is 9.78. The summed E-state index contributed by atoms with van der Waals surface area (Å²) >= 11 is 3.18. The average molecular weight is 368 g/mol. The van der Waals surface area contributed by atoms with Crippen molar-refractivity contribution in [3.8, 4) is 0 Å². The van der Waals surface area contributed by atoms with Crippen molar-refractivity contribution < 1.29 is 18.0 Å². The number of rotatable bonds is 6. The van der Waals surface area contributed by atoms with Crippen LogP contribution in [0.5, 0.6) is 0 Å². The monoisotopic (exact) mass is 367 g/mol. The highest BCUT2D eigenvalue weighted by molar-refractivity contribution is 9.10. The first-order valence-electron chi connectivity index (χ1n) is 6.54. The van der Waals surface area contributed by atoms with E-state index in [4.69, 9.17) is 0 Å². The normalized spacial score (nSPS) is 11.3. The van der Waals surface area contributed by atoms with E-state index in [0.29, 0.717) is 16.8 Å². The highest BCUT2D eigenvalue weighted by Gasteiger charge is 2.33. The van der Waals surface area contributed by atoms with Crippen LogP contribution in [0, 0.1) is 0 Å². The highest BCUT2D eigenvalue weighted by Crippen LogP contribution is 2.22. The lowest BCUT2D eigenvalue weighted by Gasteiger charge is -2.23. The van der Waals surface area contributed by atoms with Gasteiger partial charge in [0.05, 0.1) is 5.56 Å². The zero-order valence-corrected chi connectivity index (χ0v) is 13.4. The van der Waals surface area contributed by atoms with Crippen LogP contribution >= 0.6 is 15.9 Å². The van der Waals surface area contributed by atoms with Gasteiger partial charge in [0.25, 0.3) is 5.91 Å². The Morgan fingerprint density at radius 3 is 2.62 bits per heavy atom. The lowest BCUT2D eigenvalue weighted by atomic mass is 10.2. The Hall–Kier alpha value is -1.31. The van der Waals surface area contributed by atoms with E-state index in [2.05, 4.69) is 26.2 Å². The molecule has 8 heteroatoms. The van der Waals surface area contributed by atoms with Crippen molar-refractivity contribution in [2.75, 3.05) is 25.0 Å². The van der Waals surface area contributed by atoms with E-state index in [1.807, 2.05) is 6.92 Å². The minimum atomic E-state index is -4.43. The second-order valence-corrected chi connectivity index (χ2v) is 5.33. The third kappa shape index (κ3) is 5.53. The number of amides is 1. The van der Waals surface area contributed by atoms with Gasteiger partial charge in [-0.1, -0.05) is 6.92 Å². The van der Waals surface area contributed by atoms with Crippen LogP contribution in [0.3, 0.4) is 0 Å². The fourth-order valence-electron chi connectivity index (χ4n) is 1.70. The number of alkyl halides is 3. The van der Waals surface area contributed by atoms with Gasteiger partial charge in [-0.25, -0.2) is 4.98 Å². The smallest absolute Gasteiger partial charge is 0.369 e. The summed E-state index contributed by atoms with van der Waals surface area (Å²) in [5.41, 5.74) is 0.129. The molecule has 0 saturated heterocycles. The van der Waals surface area contributed by atoms with E-state index in [1.54, 1.807) is 0 Å². The Balaban J connectivity index is 3.05. The molecular weight excluding hydrogens is 351 g/mol. The van der Waals surface area contributed by atoms with Crippen molar-refractivity contribution >= 4 is 27.7 Å². The number of carbonyl (C=O) groups is 1. The molecule has 4 nitrogen and oxygen atoms in total. The quantitative estimate of drug-likeness (QED) is 0.833. The Kier molecular flexibility index (Phi) is 6.44. The van der Waals surface area contributed by atoms with Gasteiger partial charge in [-0.2, -0.15) is 13.2 Å². The van der Waals surface area contributed by atoms with Gasteiger partial charge >= 0.3 is 6.18 Å². The number of halogens is 4. The molecule has 0 aliphatic rings. The van der Waals surface area contributed by atoms with Crippen LogP contribution in [-0.2, 0) is 0 Å². The van der Waals surface area contributed by atoms with Crippen molar-refractivity contribution in [2.45, 2.75) is 26.4 Å². The summed E-state index contributed by atoms with van der Waals surface area (Å²) in [5, 5.41) is 2.95. The van der Waals surface area contributed by atoms with E-state index in [1.165, 1.54) is 19.2 Å². The second-order valence-electron chi connectivity index (χ2n) is 4.41. The summed E-state index contributed by atoms with van der Waals surface area (Å²) in [5.74, 6) is -0.395. The van der Waals surface area contributed by atoms with Crippen LogP contribution in [0.4, 0.5) is 19.0 Å². The maximum Gasteiger partial charge on any atom is 0.406 e. The van der Waals surface area contributed by atoms with Crippen LogP contribution in [0.25, 0.3) is 0 Å². The molecule has 0 unspecified atom stereocenters. The molecule has 0 bridgehead atoms. The van der Waals surface area contributed by atoms with Crippen molar-refractivity contribution in [1.29, 1.82) is 0 Å². The molecule has 118 valence electrons. The molecule has 0 atom stereocenters. The number of hydrogen-bond donors (Lipinski definition) is 1. The van der Waals surface area contributed by atoms with E-state index in [-0.39, 0.29) is 12.1 Å². The number of nitrogens with one attached hydrogen (secondary N) is 1. The summed E-state index contributed by atoms with van der Waals surface area (Å²) in [4.78, 5) is 17.1. The predicted octanol–water partition coefficient (Wildman–Crippen LogP) is 3.69. The van der Waals surface area contributed by atoms with Gasteiger partial charge in [0.2, 0.25) is 0 Å². The third-order valence-corrected chi connectivity index (χ3v) is 3.10. The van der Waals surface area contributed by atoms with Gasteiger partial charge in [0, 0.05) is 23.8 Å². The van der Waals surface area contributed by atoms with Gasteiger partial charge in [0.1, 0.15) is 12.4 Å². The Morgan fingerprint density at radius 2 is 2.10 bits per heavy atom. The Bertz CT molecular complexity index is 494. The van der Waals surface area contributed by atoms with Crippen molar-refractivity contribution in [2.24, 2.45) is 0 Å². The van der Waals surface area contributed by atoms with E-state index in [0.717, 1.165) is 11.3 Å². The van der Waals surface area contributed by atoms with Gasteiger partial charge in [-0.15, -0.1) is 0 Å². The molecule has 1 rings (SSSR count). The van der Waals surface area contributed by atoms with Gasteiger partial charge in [-0.3, -0.25) is 4.79 Å². The topological polar surface area (TPSA) is 45.2 Å². The predicted molar refractivity (Wildman–Crippen MR) is 78.4 cm³/mol. The molecule has 1 aromatic rings. The summed E-state index contributed by atoms with van der Waals surface area (Å²) in [6.07, 6.45) is -2.12. The SMILES string of the molecule is CCCNc1ncc(Br)cc1C(=O)N(CC)CC(F)(F)F. The molecule has 0 aromatic carbocycles. The third-order valence-electron chi connectivity index (χ3n) is 2.67. The lowest BCUT2D eigenvalue weighted by molar-refractivity contribution is -0.140. The number of nitrogens with zero attached hydrogens (tertiary/aromatic N) is 2. The summed E-state index contributed by atoms with van der Waals surface area (Å²) < 4.78 is 38.1. The van der Waals surface area contributed by atoms with Crippen LogP contribution in [-0.4, -0.2) is 41.6 Å². The molecule has 1 N–H and O–H groups in total. The lowest BCUT2D eigenvalue weighted by Crippen LogP contribution is -2.39. The van der Waals surface area contributed by atoms with Crippen LogP contribution in [0.15, 0.2) is 16.7 Å². The molecule has 0 fully saturated rings. The first-order valence-corrected chi connectivity index (χ1v) is 7.33. The van der Waals surface area contributed by atoms with Crippen molar-refractivity contribution in [1.82, 2.24) is 9.88 Å². The Morgan fingerprint density at radius 1 is 1.43 bits per heavy atom. The molecule has 1 amide bonds. The zero-order chi connectivity index (χ0) is 16.0. The summed E-state index contributed by atoms with van der Waals surface area (Å²) in [6, 6.07) is 1.48. The molecular formula is C13H17BrF3N3O. The minimum absolute atomic E-state index is 0.0297. The molecule has 0 spiro atoms. The average Bonchev–Trinajstić information content (AvgIpc) is 2.41. The minimum Gasteiger partial charge on any atom is -0.369 e. The molecule has 0 aliphatic carbocycles. The molecule has 0 aliphatic heterocycles. The number of carbonyl (C=O) groups excluding carboxylic acids is 1. The zero-order valence-electron chi connectivity index (χ0n) is 11.8. The fraction of sp³-hybridized carbons (Fsp3) is 0.538. The number of pyridine rings is 1. The van der Waals surface area contributed by atoms with E-state index >= 15 is 0 Å². The molecule has 1 heterocycles. The first kappa shape index (κ1) is 17.7. The maximum absolute atomic E-state index is 12.5. The molecule has 1 aromatic heterocycles. The molecule has 0 saturated carbocycles. The number of aromatic nitrogens is 1. The summed E-state index contributed by atoms with van der Waals surface area (Å²) in [7, 11) is 0. The van der Waals surface area contributed by atoms with Crippen LogP contribution < -0.4 is 5.32 Å². The van der Waals surface area contributed by atoms with Gasteiger partial charge in [0.15, 0.2) is 0 Å². The molecule has 21 heavy (non-hydrogen) atoms. The summed E-state index contributed by atoms with van der Waals surface area (Å²) in [6.45, 7) is 2.73. The number of hydrogen-bond acceptors (Lipinski definition) is 3. The second kappa shape index (κ2) is 7.63. The highest BCUT2D eigenvalue weighted by atomic mass is 79.9. The van der Waals surface area contributed by atoms with Gasteiger partial charge < -0.3 is 10.2 Å². The largest absolute Gasteiger partial charge is 0.406 e. The van der Waals surface area contributed by atoms with Crippen molar-refractivity contribution in [3.05, 3.63) is 22.3 Å². The fourth-order valence-corrected chi connectivity index (χ4v) is 2.03. The van der Waals surface area contributed by atoms with Crippen molar-refractivity contribution in [3.63, 3.8) is 0 Å². The molecule has 0 radical (unpaired) electrons. The van der Waals surface area contributed by atoms with Gasteiger partial charge in [-0.05, 0) is 35.3 Å². The number of anilines is 1. The Labute approximate surface area is 129 Å². The standard InChI is InChI=1S/C13H17BrF3N3O/c1-3-5-18-11-10(6-9(14)7-19-11)12(21)20(4-2)8-13(15,16)17/h6-7H,3-5,8H2,1-2H3,(H,18,19). The van der Waals surface area contributed by atoms with Crippen LogP contribution in [0.1, 0.15) is 30.6 Å². The van der Waals surface area contributed by atoms with E-state index in [9.17, 15) is 18.0 Å². The van der Waals surface area contributed by atoms with Crippen LogP contribution in [0.2, 0.25) is 0 Å². The maximum atomic E-state index is 12.5. The van der Waals surface area contributed by atoms with E-state index < -0.39 is 18.6 Å².